The molecule has 2 unspecified atom stereocenters. The van der Waals surface area contributed by atoms with E-state index < -0.39 is 0 Å². The molecule has 0 saturated heterocycles. The molecule has 0 aliphatic heterocycles. The third-order valence-corrected chi connectivity index (χ3v) is 4.04. The minimum absolute atomic E-state index is 0.126. The molecule has 0 spiro atoms. The Morgan fingerprint density at radius 2 is 2.12 bits per heavy atom. The van der Waals surface area contributed by atoms with Gasteiger partial charge in [0.2, 0.25) is 5.91 Å². The predicted octanol–water partition coefficient (Wildman–Crippen LogP) is 2.46. The minimum Gasteiger partial charge on any atom is -0.353 e. The molecule has 0 aromatic carbocycles. The maximum atomic E-state index is 11.7. The second kappa shape index (κ2) is 6.39. The van der Waals surface area contributed by atoms with Gasteiger partial charge in [-0.05, 0) is 31.6 Å². The summed E-state index contributed by atoms with van der Waals surface area (Å²) < 4.78 is 0. The fraction of sp³-hybridized carbons (Fsp3) is 0.929. The number of amides is 1. The fourth-order valence-corrected chi connectivity index (χ4v) is 2.52. The van der Waals surface area contributed by atoms with E-state index in [1.54, 1.807) is 0 Å². The summed E-state index contributed by atoms with van der Waals surface area (Å²) in [6.07, 6.45) is 6.06. The Bertz CT molecular complexity index is 251. The Hall–Kier alpha value is -0.570. The Labute approximate surface area is 106 Å². The maximum absolute atomic E-state index is 11.7. The van der Waals surface area contributed by atoms with Gasteiger partial charge in [-0.25, -0.2) is 0 Å². The Morgan fingerprint density at radius 1 is 1.41 bits per heavy atom. The van der Waals surface area contributed by atoms with E-state index in [4.69, 9.17) is 0 Å². The first-order valence-electron chi connectivity index (χ1n) is 6.98. The molecule has 17 heavy (non-hydrogen) atoms. The van der Waals surface area contributed by atoms with E-state index in [9.17, 15) is 4.79 Å². The summed E-state index contributed by atoms with van der Waals surface area (Å²) in [6, 6.07) is 0.766. The van der Waals surface area contributed by atoms with Gasteiger partial charge in [-0.3, -0.25) is 4.79 Å². The third kappa shape index (κ3) is 4.66. The van der Waals surface area contributed by atoms with Crippen LogP contribution in [0.25, 0.3) is 0 Å². The molecule has 1 fully saturated rings. The zero-order valence-corrected chi connectivity index (χ0v) is 11.8. The first kappa shape index (κ1) is 14.5. The van der Waals surface area contributed by atoms with Crippen LogP contribution in [0.2, 0.25) is 0 Å². The van der Waals surface area contributed by atoms with Crippen LogP contribution in [0.1, 0.15) is 59.8 Å². The van der Waals surface area contributed by atoms with Gasteiger partial charge in [-0.1, -0.05) is 33.6 Å². The molecule has 0 aromatic heterocycles. The molecular weight excluding hydrogens is 212 g/mol. The molecule has 1 saturated carbocycles. The van der Waals surface area contributed by atoms with Crippen LogP contribution in [-0.2, 0) is 4.79 Å². The summed E-state index contributed by atoms with van der Waals surface area (Å²) in [5, 5.41) is 6.42. The standard InChI is InChI=1S/C14H28N2O/c1-5-11(2)16-13(17)10-15-12-8-6-7-9-14(12,3)4/h11-12,15H,5-10H2,1-4H3,(H,16,17). The minimum atomic E-state index is 0.126. The molecule has 1 aliphatic carbocycles. The van der Waals surface area contributed by atoms with Crippen LogP contribution in [0.4, 0.5) is 0 Å². The Morgan fingerprint density at radius 3 is 2.71 bits per heavy atom. The highest BCUT2D eigenvalue weighted by molar-refractivity contribution is 5.78. The number of carbonyl (C=O) groups excluding carboxylic acids is 1. The van der Waals surface area contributed by atoms with Gasteiger partial charge in [0.05, 0.1) is 6.54 Å². The van der Waals surface area contributed by atoms with Crippen molar-refractivity contribution >= 4 is 5.91 Å². The van der Waals surface area contributed by atoms with Gasteiger partial charge in [0.25, 0.3) is 0 Å². The Balaban J connectivity index is 2.31. The van der Waals surface area contributed by atoms with Crippen LogP contribution < -0.4 is 10.6 Å². The van der Waals surface area contributed by atoms with Crippen molar-refractivity contribution < 1.29 is 4.79 Å². The van der Waals surface area contributed by atoms with Gasteiger partial charge >= 0.3 is 0 Å². The Kier molecular flexibility index (Phi) is 5.44. The van der Waals surface area contributed by atoms with Crippen LogP contribution in [0.3, 0.4) is 0 Å². The highest BCUT2D eigenvalue weighted by atomic mass is 16.1. The molecule has 0 heterocycles. The van der Waals surface area contributed by atoms with Crippen molar-refractivity contribution in [2.24, 2.45) is 5.41 Å². The van der Waals surface area contributed by atoms with Crippen molar-refractivity contribution in [1.82, 2.24) is 10.6 Å². The van der Waals surface area contributed by atoms with Gasteiger partial charge in [-0.2, -0.15) is 0 Å². The molecule has 1 amide bonds. The number of carbonyl (C=O) groups is 1. The molecular formula is C14H28N2O. The average Bonchev–Trinajstić information content (AvgIpc) is 2.26. The summed E-state index contributed by atoms with van der Waals surface area (Å²) in [4.78, 5) is 11.7. The number of hydrogen-bond donors (Lipinski definition) is 2. The first-order chi connectivity index (χ1) is 7.95. The lowest BCUT2D eigenvalue weighted by Crippen LogP contribution is -2.48. The predicted molar refractivity (Wildman–Crippen MR) is 71.9 cm³/mol. The lowest BCUT2D eigenvalue weighted by molar-refractivity contribution is -0.121. The van der Waals surface area contributed by atoms with E-state index >= 15 is 0 Å². The van der Waals surface area contributed by atoms with Crippen molar-refractivity contribution in [3.05, 3.63) is 0 Å². The van der Waals surface area contributed by atoms with Gasteiger partial charge < -0.3 is 10.6 Å². The van der Waals surface area contributed by atoms with E-state index in [2.05, 4.69) is 31.4 Å². The second-order valence-electron chi connectivity index (χ2n) is 6.04. The van der Waals surface area contributed by atoms with Crippen LogP contribution in [0.5, 0.6) is 0 Å². The van der Waals surface area contributed by atoms with Crippen molar-refractivity contribution in [2.75, 3.05) is 6.54 Å². The van der Waals surface area contributed by atoms with E-state index in [1.165, 1.54) is 25.7 Å². The van der Waals surface area contributed by atoms with Gasteiger partial charge in [0.15, 0.2) is 0 Å². The van der Waals surface area contributed by atoms with E-state index in [1.807, 2.05) is 6.92 Å². The highest BCUT2D eigenvalue weighted by Gasteiger charge is 2.31. The summed E-state index contributed by atoms with van der Waals surface area (Å²) in [6.45, 7) is 9.19. The van der Waals surface area contributed by atoms with E-state index in [0.717, 1.165) is 6.42 Å². The van der Waals surface area contributed by atoms with Gasteiger partial charge in [0.1, 0.15) is 0 Å². The highest BCUT2D eigenvalue weighted by Crippen LogP contribution is 2.35. The summed E-state index contributed by atoms with van der Waals surface area (Å²) in [5.41, 5.74) is 0.328. The average molecular weight is 240 g/mol. The lowest BCUT2D eigenvalue weighted by Gasteiger charge is -2.39. The smallest absolute Gasteiger partial charge is 0.234 e. The topological polar surface area (TPSA) is 41.1 Å². The molecule has 3 nitrogen and oxygen atoms in total. The zero-order chi connectivity index (χ0) is 12.9. The molecule has 100 valence electrons. The normalized spacial score (nSPS) is 25.3. The fourth-order valence-electron chi connectivity index (χ4n) is 2.52. The SMILES string of the molecule is CCC(C)NC(=O)CNC1CCCCC1(C)C. The third-order valence-electron chi connectivity index (χ3n) is 4.04. The second-order valence-corrected chi connectivity index (χ2v) is 6.04. The quantitative estimate of drug-likeness (QED) is 0.775. The van der Waals surface area contributed by atoms with Crippen LogP contribution in [0, 0.1) is 5.41 Å². The summed E-state index contributed by atoms with van der Waals surface area (Å²) in [5.74, 6) is 0.126. The number of rotatable bonds is 5. The van der Waals surface area contributed by atoms with E-state index in [-0.39, 0.29) is 11.9 Å². The van der Waals surface area contributed by atoms with Crippen molar-refractivity contribution in [3.8, 4) is 0 Å². The van der Waals surface area contributed by atoms with Gasteiger partial charge in [0, 0.05) is 12.1 Å². The zero-order valence-electron chi connectivity index (χ0n) is 11.8. The largest absolute Gasteiger partial charge is 0.353 e. The van der Waals surface area contributed by atoms with E-state index in [0.29, 0.717) is 18.0 Å². The molecule has 2 N–H and O–H groups in total. The molecule has 3 heteroatoms. The van der Waals surface area contributed by atoms with Crippen LogP contribution in [-0.4, -0.2) is 24.5 Å². The van der Waals surface area contributed by atoms with Crippen molar-refractivity contribution in [1.29, 1.82) is 0 Å². The molecule has 1 rings (SSSR count). The van der Waals surface area contributed by atoms with Crippen LogP contribution in [0.15, 0.2) is 0 Å². The summed E-state index contributed by atoms with van der Waals surface area (Å²) in [7, 11) is 0. The number of nitrogens with one attached hydrogen (secondary N) is 2. The lowest BCUT2D eigenvalue weighted by atomic mass is 9.73. The van der Waals surface area contributed by atoms with Crippen molar-refractivity contribution in [3.63, 3.8) is 0 Å². The molecule has 1 aliphatic rings. The molecule has 2 atom stereocenters. The first-order valence-corrected chi connectivity index (χ1v) is 6.98. The van der Waals surface area contributed by atoms with Crippen LogP contribution >= 0.6 is 0 Å². The van der Waals surface area contributed by atoms with Crippen molar-refractivity contribution in [2.45, 2.75) is 71.9 Å². The monoisotopic (exact) mass is 240 g/mol. The van der Waals surface area contributed by atoms with Gasteiger partial charge in [-0.15, -0.1) is 0 Å². The molecule has 0 radical (unpaired) electrons. The summed E-state index contributed by atoms with van der Waals surface area (Å²) >= 11 is 0. The maximum Gasteiger partial charge on any atom is 0.234 e. The molecule has 0 bridgehead atoms. The number of hydrogen-bond acceptors (Lipinski definition) is 2. The molecule has 0 aromatic rings.